The summed E-state index contributed by atoms with van der Waals surface area (Å²) in [5.74, 6) is 1.64. The average molecular weight is 209 g/mol. The Kier molecular flexibility index (Phi) is 1.82. The number of carboxylic acid groups (broad SMARTS) is 1. The van der Waals surface area contributed by atoms with E-state index in [1.165, 1.54) is 19.3 Å². The summed E-state index contributed by atoms with van der Waals surface area (Å²) in [6.45, 7) is 0. The number of hydrogen-bond acceptors (Lipinski definition) is 2. The molecule has 4 nitrogen and oxygen atoms in total. The van der Waals surface area contributed by atoms with Crippen LogP contribution in [-0.2, 0) is 9.59 Å². The molecule has 2 bridgehead atoms. The molecule has 0 aliphatic heterocycles. The van der Waals surface area contributed by atoms with E-state index in [1.807, 2.05) is 0 Å². The van der Waals surface area contributed by atoms with E-state index < -0.39 is 5.97 Å². The first-order valence-corrected chi connectivity index (χ1v) is 5.68. The van der Waals surface area contributed by atoms with Crippen LogP contribution in [0, 0.1) is 23.7 Å². The lowest BCUT2D eigenvalue weighted by molar-refractivity contribution is -0.140. The Labute approximate surface area is 88.0 Å². The molecule has 0 radical (unpaired) electrons. The third-order valence-corrected chi connectivity index (χ3v) is 4.37. The predicted molar refractivity (Wildman–Crippen MR) is 52.0 cm³/mol. The molecule has 3 fully saturated rings. The van der Waals surface area contributed by atoms with Crippen LogP contribution in [0.4, 0.5) is 0 Å². The van der Waals surface area contributed by atoms with Crippen LogP contribution >= 0.6 is 0 Å². The second-order valence-electron chi connectivity index (χ2n) is 5.15. The Morgan fingerprint density at radius 3 is 2.33 bits per heavy atom. The van der Waals surface area contributed by atoms with Gasteiger partial charge in [-0.05, 0) is 42.9 Å². The molecular weight excluding hydrogens is 194 g/mol. The summed E-state index contributed by atoms with van der Waals surface area (Å²) < 4.78 is 0. The van der Waals surface area contributed by atoms with Gasteiger partial charge in [-0.2, -0.15) is 0 Å². The number of carboxylic acids is 1. The van der Waals surface area contributed by atoms with Crippen molar-refractivity contribution in [1.82, 2.24) is 5.32 Å². The molecule has 0 spiro atoms. The van der Waals surface area contributed by atoms with Gasteiger partial charge in [0.2, 0.25) is 5.91 Å². The molecule has 0 aromatic rings. The SMILES string of the molecule is O=C(O)CC(=O)NC1C2C3CCC(C3)C12. The largest absolute Gasteiger partial charge is 0.481 e. The van der Waals surface area contributed by atoms with E-state index in [0.29, 0.717) is 17.9 Å². The molecule has 3 aliphatic rings. The lowest BCUT2D eigenvalue weighted by Crippen LogP contribution is -2.31. The highest BCUT2D eigenvalue weighted by molar-refractivity contribution is 5.93. The Balaban J connectivity index is 1.55. The minimum atomic E-state index is -1.04. The zero-order chi connectivity index (χ0) is 10.6. The number of nitrogens with one attached hydrogen (secondary N) is 1. The van der Waals surface area contributed by atoms with Gasteiger partial charge in [0.15, 0.2) is 0 Å². The Morgan fingerprint density at radius 1 is 1.20 bits per heavy atom. The number of hydrogen-bond donors (Lipinski definition) is 2. The van der Waals surface area contributed by atoms with Crippen LogP contribution in [0.25, 0.3) is 0 Å². The second-order valence-corrected chi connectivity index (χ2v) is 5.15. The van der Waals surface area contributed by atoms with Gasteiger partial charge in [0.1, 0.15) is 6.42 Å². The van der Waals surface area contributed by atoms with E-state index in [9.17, 15) is 9.59 Å². The minimum absolute atomic E-state index is 0.308. The Hall–Kier alpha value is -1.06. The van der Waals surface area contributed by atoms with Gasteiger partial charge in [0, 0.05) is 6.04 Å². The van der Waals surface area contributed by atoms with Crippen LogP contribution in [0.15, 0.2) is 0 Å². The van der Waals surface area contributed by atoms with Crippen LogP contribution in [0.3, 0.4) is 0 Å². The van der Waals surface area contributed by atoms with Crippen LogP contribution < -0.4 is 5.32 Å². The molecule has 1 amide bonds. The van der Waals surface area contributed by atoms with Gasteiger partial charge in [0.25, 0.3) is 0 Å². The molecule has 2 N–H and O–H groups in total. The number of fused-ring (bicyclic) bond motifs is 5. The third kappa shape index (κ3) is 1.34. The van der Waals surface area contributed by atoms with Crippen molar-refractivity contribution in [3.63, 3.8) is 0 Å². The summed E-state index contributed by atoms with van der Waals surface area (Å²) in [7, 11) is 0. The lowest BCUT2D eigenvalue weighted by atomic mass is 10.0. The highest BCUT2D eigenvalue weighted by atomic mass is 16.4. The summed E-state index contributed by atoms with van der Waals surface area (Å²) in [5, 5.41) is 11.3. The molecule has 82 valence electrons. The quantitative estimate of drug-likeness (QED) is 0.670. The maximum Gasteiger partial charge on any atom is 0.312 e. The minimum Gasteiger partial charge on any atom is -0.481 e. The van der Waals surface area contributed by atoms with Crippen molar-refractivity contribution >= 4 is 11.9 Å². The number of aliphatic carboxylic acids is 1. The Morgan fingerprint density at radius 2 is 1.80 bits per heavy atom. The fourth-order valence-electron chi connectivity index (χ4n) is 3.89. The number of amides is 1. The number of carbonyl (C=O) groups is 2. The molecule has 0 aromatic carbocycles. The van der Waals surface area contributed by atoms with E-state index >= 15 is 0 Å². The highest BCUT2D eigenvalue weighted by Gasteiger charge is 2.65. The topological polar surface area (TPSA) is 66.4 Å². The standard InChI is InChI=1S/C11H15NO3/c13-7(4-8(14)15)12-11-9-5-1-2-6(3-5)10(9)11/h5-6,9-11H,1-4H2,(H,12,13)(H,14,15). The summed E-state index contributed by atoms with van der Waals surface area (Å²) in [4.78, 5) is 21.6. The van der Waals surface area contributed by atoms with Crippen molar-refractivity contribution in [1.29, 1.82) is 0 Å². The fraction of sp³-hybridized carbons (Fsp3) is 0.818. The number of carbonyl (C=O) groups excluding carboxylic acids is 1. The zero-order valence-corrected chi connectivity index (χ0v) is 8.48. The Bertz CT molecular complexity index is 312. The van der Waals surface area contributed by atoms with E-state index in [0.717, 1.165) is 11.8 Å². The summed E-state index contributed by atoms with van der Waals surface area (Å²) in [6, 6.07) is 0.308. The van der Waals surface area contributed by atoms with Crippen molar-refractivity contribution in [2.45, 2.75) is 31.7 Å². The van der Waals surface area contributed by atoms with Gasteiger partial charge >= 0.3 is 5.97 Å². The maximum absolute atomic E-state index is 11.3. The third-order valence-electron chi connectivity index (χ3n) is 4.37. The van der Waals surface area contributed by atoms with E-state index in [4.69, 9.17) is 5.11 Å². The summed E-state index contributed by atoms with van der Waals surface area (Å²) >= 11 is 0. The average Bonchev–Trinajstić information content (AvgIpc) is 2.58. The first-order chi connectivity index (χ1) is 7.16. The maximum atomic E-state index is 11.3. The molecule has 0 saturated heterocycles. The molecule has 4 atom stereocenters. The highest BCUT2D eigenvalue weighted by Crippen LogP contribution is 2.65. The van der Waals surface area contributed by atoms with Gasteiger partial charge in [-0.15, -0.1) is 0 Å². The first kappa shape index (κ1) is 9.19. The molecule has 15 heavy (non-hydrogen) atoms. The van der Waals surface area contributed by atoms with E-state index in [1.54, 1.807) is 0 Å². The van der Waals surface area contributed by atoms with Gasteiger partial charge in [-0.25, -0.2) is 0 Å². The normalized spacial score (nSPS) is 44.9. The van der Waals surface area contributed by atoms with E-state index in [-0.39, 0.29) is 12.3 Å². The van der Waals surface area contributed by atoms with E-state index in [2.05, 4.69) is 5.32 Å². The van der Waals surface area contributed by atoms with Crippen LogP contribution in [0.2, 0.25) is 0 Å². The van der Waals surface area contributed by atoms with Crippen molar-refractivity contribution in [2.24, 2.45) is 23.7 Å². The van der Waals surface area contributed by atoms with Crippen molar-refractivity contribution in [3.8, 4) is 0 Å². The lowest BCUT2D eigenvalue weighted by Gasteiger charge is -2.09. The second kappa shape index (κ2) is 2.97. The predicted octanol–water partition coefficient (Wildman–Crippen LogP) is 0.622. The van der Waals surface area contributed by atoms with Gasteiger partial charge < -0.3 is 10.4 Å². The summed E-state index contributed by atoms with van der Waals surface area (Å²) in [6.07, 6.45) is 3.60. The van der Waals surface area contributed by atoms with Crippen LogP contribution in [-0.4, -0.2) is 23.0 Å². The molecule has 0 heterocycles. The smallest absolute Gasteiger partial charge is 0.312 e. The monoisotopic (exact) mass is 209 g/mol. The van der Waals surface area contributed by atoms with Crippen molar-refractivity contribution < 1.29 is 14.7 Å². The van der Waals surface area contributed by atoms with Crippen molar-refractivity contribution in [3.05, 3.63) is 0 Å². The molecule has 0 aromatic heterocycles. The van der Waals surface area contributed by atoms with Crippen molar-refractivity contribution in [2.75, 3.05) is 0 Å². The molecule has 3 saturated carbocycles. The first-order valence-electron chi connectivity index (χ1n) is 5.68. The molecule has 3 aliphatic carbocycles. The van der Waals surface area contributed by atoms with Crippen LogP contribution in [0.5, 0.6) is 0 Å². The molecular formula is C11H15NO3. The molecule has 3 rings (SSSR count). The van der Waals surface area contributed by atoms with Gasteiger partial charge in [-0.1, -0.05) is 0 Å². The zero-order valence-electron chi connectivity index (χ0n) is 8.48. The van der Waals surface area contributed by atoms with Gasteiger partial charge in [-0.3, -0.25) is 9.59 Å². The number of rotatable bonds is 3. The van der Waals surface area contributed by atoms with Gasteiger partial charge in [0.05, 0.1) is 0 Å². The van der Waals surface area contributed by atoms with Crippen LogP contribution in [0.1, 0.15) is 25.7 Å². The molecule has 4 unspecified atom stereocenters. The fourth-order valence-corrected chi connectivity index (χ4v) is 3.89. The summed E-state index contributed by atoms with van der Waals surface area (Å²) in [5.41, 5.74) is 0. The molecule has 4 heteroatoms.